The molecule has 92 valence electrons. The Kier molecular flexibility index (Phi) is 3.80. The van der Waals surface area contributed by atoms with Crippen molar-refractivity contribution >= 4 is 11.7 Å². The average Bonchev–Trinajstić information content (AvgIpc) is 2.40. The third-order valence-corrected chi connectivity index (χ3v) is 2.34. The SMILES string of the molecule is Nc1ccc(C(=O)NCCc2cccnc2)nn1. The first kappa shape index (κ1) is 12.0. The minimum Gasteiger partial charge on any atom is -0.382 e. The number of hydrogen-bond donors (Lipinski definition) is 2. The van der Waals surface area contributed by atoms with Crippen molar-refractivity contribution in [2.75, 3.05) is 12.3 Å². The fourth-order valence-corrected chi connectivity index (χ4v) is 1.42. The van der Waals surface area contributed by atoms with E-state index < -0.39 is 0 Å². The number of carbonyl (C=O) groups is 1. The molecule has 1 amide bonds. The molecule has 0 radical (unpaired) electrons. The summed E-state index contributed by atoms with van der Waals surface area (Å²) in [6.45, 7) is 0.524. The van der Waals surface area contributed by atoms with Gasteiger partial charge >= 0.3 is 0 Å². The molecule has 3 N–H and O–H groups in total. The molecule has 0 spiro atoms. The van der Waals surface area contributed by atoms with Crippen LogP contribution in [-0.2, 0) is 6.42 Å². The van der Waals surface area contributed by atoms with Crippen molar-refractivity contribution < 1.29 is 4.79 Å². The molecule has 0 atom stereocenters. The first-order valence-electron chi connectivity index (χ1n) is 5.52. The van der Waals surface area contributed by atoms with Crippen molar-refractivity contribution in [3.8, 4) is 0 Å². The molecule has 0 aliphatic heterocycles. The molecule has 0 saturated heterocycles. The monoisotopic (exact) mass is 243 g/mol. The summed E-state index contributed by atoms with van der Waals surface area (Å²) < 4.78 is 0. The number of rotatable bonds is 4. The van der Waals surface area contributed by atoms with E-state index in [1.807, 2.05) is 12.1 Å². The van der Waals surface area contributed by atoms with Gasteiger partial charge in [-0.15, -0.1) is 10.2 Å². The van der Waals surface area contributed by atoms with Crippen molar-refractivity contribution in [3.63, 3.8) is 0 Å². The van der Waals surface area contributed by atoms with Crippen LogP contribution in [0.3, 0.4) is 0 Å². The quantitative estimate of drug-likeness (QED) is 0.812. The highest BCUT2D eigenvalue weighted by Crippen LogP contribution is 1.98. The van der Waals surface area contributed by atoms with E-state index in [0.717, 1.165) is 12.0 Å². The Morgan fingerprint density at radius 3 is 2.83 bits per heavy atom. The second-order valence-electron chi connectivity index (χ2n) is 3.71. The Balaban J connectivity index is 1.84. The van der Waals surface area contributed by atoms with E-state index in [9.17, 15) is 4.79 Å². The van der Waals surface area contributed by atoms with Crippen LogP contribution in [0, 0.1) is 0 Å². The van der Waals surface area contributed by atoms with Crippen LogP contribution in [0.1, 0.15) is 16.1 Å². The summed E-state index contributed by atoms with van der Waals surface area (Å²) in [7, 11) is 0. The van der Waals surface area contributed by atoms with Gasteiger partial charge in [-0.05, 0) is 30.2 Å². The van der Waals surface area contributed by atoms with Gasteiger partial charge < -0.3 is 11.1 Å². The normalized spacial score (nSPS) is 10.0. The third kappa shape index (κ3) is 3.24. The van der Waals surface area contributed by atoms with Gasteiger partial charge in [0, 0.05) is 18.9 Å². The third-order valence-electron chi connectivity index (χ3n) is 2.34. The van der Waals surface area contributed by atoms with Gasteiger partial charge in [-0.1, -0.05) is 6.07 Å². The number of hydrogen-bond acceptors (Lipinski definition) is 5. The lowest BCUT2D eigenvalue weighted by Crippen LogP contribution is -2.26. The number of nitrogens with zero attached hydrogens (tertiary/aromatic N) is 3. The molecular formula is C12H13N5O. The molecule has 2 aromatic heterocycles. The van der Waals surface area contributed by atoms with Gasteiger partial charge in [-0.25, -0.2) is 0 Å². The molecule has 0 aromatic carbocycles. The number of nitrogens with one attached hydrogen (secondary N) is 1. The molecule has 0 fully saturated rings. The topological polar surface area (TPSA) is 93.8 Å². The molecule has 0 bridgehead atoms. The van der Waals surface area contributed by atoms with Crippen molar-refractivity contribution in [2.24, 2.45) is 0 Å². The van der Waals surface area contributed by atoms with Gasteiger partial charge in [0.1, 0.15) is 5.82 Å². The highest BCUT2D eigenvalue weighted by Gasteiger charge is 2.06. The molecule has 2 heterocycles. The Morgan fingerprint density at radius 1 is 1.28 bits per heavy atom. The summed E-state index contributed by atoms with van der Waals surface area (Å²) in [5.74, 6) is 0.0355. The zero-order valence-electron chi connectivity index (χ0n) is 9.71. The smallest absolute Gasteiger partial charge is 0.271 e. The zero-order valence-corrected chi connectivity index (χ0v) is 9.71. The first-order chi connectivity index (χ1) is 8.75. The minimum atomic E-state index is -0.258. The molecule has 6 nitrogen and oxygen atoms in total. The molecule has 6 heteroatoms. The second kappa shape index (κ2) is 5.72. The van der Waals surface area contributed by atoms with Gasteiger partial charge in [-0.3, -0.25) is 9.78 Å². The molecule has 0 aliphatic carbocycles. The van der Waals surface area contributed by atoms with Crippen LogP contribution >= 0.6 is 0 Å². The second-order valence-corrected chi connectivity index (χ2v) is 3.71. The van der Waals surface area contributed by atoms with E-state index in [0.29, 0.717) is 12.4 Å². The standard InChI is InChI=1S/C12H13N5O/c13-11-4-3-10(16-17-11)12(18)15-7-5-9-2-1-6-14-8-9/h1-4,6,8H,5,7H2,(H2,13,17)(H,15,18). The van der Waals surface area contributed by atoms with Crippen LogP contribution < -0.4 is 11.1 Å². The van der Waals surface area contributed by atoms with Crippen molar-refractivity contribution in [2.45, 2.75) is 6.42 Å². The number of anilines is 1. The summed E-state index contributed by atoms with van der Waals surface area (Å²) in [5, 5.41) is 10.1. The van der Waals surface area contributed by atoms with E-state index in [-0.39, 0.29) is 11.6 Å². The molecular weight excluding hydrogens is 230 g/mol. The Hall–Kier alpha value is -2.50. The van der Waals surface area contributed by atoms with Crippen molar-refractivity contribution in [3.05, 3.63) is 47.9 Å². The number of pyridine rings is 1. The summed E-state index contributed by atoms with van der Waals surface area (Å²) in [5.41, 5.74) is 6.72. The Labute approximate surface area is 104 Å². The first-order valence-corrected chi connectivity index (χ1v) is 5.52. The highest BCUT2D eigenvalue weighted by atomic mass is 16.1. The molecule has 0 saturated carbocycles. The van der Waals surface area contributed by atoms with E-state index in [4.69, 9.17) is 5.73 Å². The van der Waals surface area contributed by atoms with Crippen molar-refractivity contribution in [1.29, 1.82) is 0 Å². The lowest BCUT2D eigenvalue weighted by molar-refractivity contribution is 0.0948. The lowest BCUT2D eigenvalue weighted by atomic mass is 10.2. The van der Waals surface area contributed by atoms with E-state index in [2.05, 4.69) is 20.5 Å². The van der Waals surface area contributed by atoms with Crippen LogP contribution in [0.4, 0.5) is 5.82 Å². The Bertz CT molecular complexity index is 512. The fraction of sp³-hybridized carbons (Fsp3) is 0.167. The van der Waals surface area contributed by atoms with E-state index in [1.165, 1.54) is 0 Å². The van der Waals surface area contributed by atoms with Gasteiger partial charge in [0.05, 0.1) is 0 Å². The maximum Gasteiger partial charge on any atom is 0.271 e. The zero-order chi connectivity index (χ0) is 12.8. The maximum atomic E-state index is 11.7. The van der Waals surface area contributed by atoms with Crippen LogP contribution in [0.25, 0.3) is 0 Å². The lowest BCUT2D eigenvalue weighted by Gasteiger charge is -2.04. The summed E-state index contributed by atoms with van der Waals surface area (Å²) in [4.78, 5) is 15.7. The largest absolute Gasteiger partial charge is 0.382 e. The predicted octanol–water partition coefficient (Wildman–Crippen LogP) is 0.426. The van der Waals surface area contributed by atoms with Gasteiger partial charge in [0.2, 0.25) is 0 Å². The van der Waals surface area contributed by atoms with E-state index >= 15 is 0 Å². The number of aromatic nitrogens is 3. The highest BCUT2D eigenvalue weighted by molar-refractivity contribution is 5.92. The van der Waals surface area contributed by atoms with Gasteiger partial charge in [0.15, 0.2) is 5.69 Å². The van der Waals surface area contributed by atoms with E-state index in [1.54, 1.807) is 24.5 Å². The molecule has 0 aliphatic rings. The van der Waals surface area contributed by atoms with Crippen LogP contribution in [-0.4, -0.2) is 27.6 Å². The number of nitrogen functional groups attached to an aromatic ring is 1. The summed E-state index contributed by atoms with van der Waals surface area (Å²) in [6.07, 6.45) is 4.21. The summed E-state index contributed by atoms with van der Waals surface area (Å²) in [6, 6.07) is 6.91. The summed E-state index contributed by atoms with van der Waals surface area (Å²) >= 11 is 0. The predicted molar refractivity (Wildman–Crippen MR) is 66.7 cm³/mol. The number of carbonyl (C=O) groups excluding carboxylic acids is 1. The Morgan fingerprint density at radius 2 is 2.17 bits per heavy atom. The van der Waals surface area contributed by atoms with Crippen LogP contribution in [0.15, 0.2) is 36.7 Å². The molecule has 2 rings (SSSR count). The maximum absolute atomic E-state index is 11.7. The minimum absolute atomic E-state index is 0.258. The molecule has 2 aromatic rings. The van der Waals surface area contributed by atoms with Crippen LogP contribution in [0.2, 0.25) is 0 Å². The van der Waals surface area contributed by atoms with Gasteiger partial charge in [-0.2, -0.15) is 0 Å². The number of amides is 1. The van der Waals surface area contributed by atoms with Crippen molar-refractivity contribution in [1.82, 2.24) is 20.5 Å². The van der Waals surface area contributed by atoms with Crippen LogP contribution in [0.5, 0.6) is 0 Å². The average molecular weight is 243 g/mol. The molecule has 0 unspecified atom stereocenters. The van der Waals surface area contributed by atoms with Gasteiger partial charge in [0.25, 0.3) is 5.91 Å². The molecule has 18 heavy (non-hydrogen) atoms. The fourth-order valence-electron chi connectivity index (χ4n) is 1.42. The number of nitrogens with two attached hydrogens (primary N) is 1.